The molecular formula is C16H24BrNS. The second kappa shape index (κ2) is 7.70. The molecule has 1 N–H and O–H groups in total. The van der Waals surface area contributed by atoms with Gasteiger partial charge in [0, 0.05) is 20.7 Å². The van der Waals surface area contributed by atoms with E-state index in [0.717, 1.165) is 11.8 Å². The van der Waals surface area contributed by atoms with Crippen molar-refractivity contribution in [3.8, 4) is 0 Å². The fourth-order valence-corrected chi connectivity index (χ4v) is 4.64. The van der Waals surface area contributed by atoms with Crippen molar-refractivity contribution in [2.24, 2.45) is 0 Å². The summed E-state index contributed by atoms with van der Waals surface area (Å²) in [5, 5.41) is 4.43. The van der Waals surface area contributed by atoms with Crippen LogP contribution in [0.1, 0.15) is 57.6 Å². The van der Waals surface area contributed by atoms with Crippen molar-refractivity contribution in [3.05, 3.63) is 28.2 Å². The summed E-state index contributed by atoms with van der Waals surface area (Å²) in [5.41, 5.74) is 1.45. The minimum Gasteiger partial charge on any atom is -0.310 e. The van der Waals surface area contributed by atoms with Gasteiger partial charge in [-0.1, -0.05) is 41.8 Å². The van der Waals surface area contributed by atoms with Gasteiger partial charge in [0.05, 0.1) is 0 Å². The summed E-state index contributed by atoms with van der Waals surface area (Å²) in [5.74, 6) is 0. The fourth-order valence-electron chi connectivity index (χ4n) is 2.62. The molecule has 0 bridgehead atoms. The molecule has 0 radical (unpaired) electrons. The lowest BCUT2D eigenvalue weighted by molar-refractivity contribution is 0.563. The Balaban J connectivity index is 2.11. The van der Waals surface area contributed by atoms with Crippen LogP contribution >= 0.6 is 27.7 Å². The molecule has 0 saturated heterocycles. The lowest BCUT2D eigenvalue weighted by atomic mass is 10.1. The molecule has 1 aromatic carbocycles. The van der Waals surface area contributed by atoms with E-state index in [2.05, 4.69) is 65.1 Å². The zero-order valence-electron chi connectivity index (χ0n) is 11.9. The van der Waals surface area contributed by atoms with Gasteiger partial charge < -0.3 is 5.32 Å². The van der Waals surface area contributed by atoms with Crippen LogP contribution in [0.3, 0.4) is 0 Å². The zero-order valence-corrected chi connectivity index (χ0v) is 14.3. The van der Waals surface area contributed by atoms with Crippen LogP contribution in [0.5, 0.6) is 0 Å². The van der Waals surface area contributed by atoms with Crippen LogP contribution in [0, 0.1) is 0 Å². The number of rotatable bonds is 6. The third kappa shape index (κ3) is 4.51. The molecule has 0 aromatic heterocycles. The number of thioether (sulfide) groups is 1. The molecule has 19 heavy (non-hydrogen) atoms. The molecule has 1 aromatic rings. The Morgan fingerprint density at radius 2 is 2.11 bits per heavy atom. The first-order valence-corrected chi connectivity index (χ1v) is 9.07. The van der Waals surface area contributed by atoms with Crippen LogP contribution in [-0.4, -0.2) is 11.8 Å². The molecule has 0 aliphatic heterocycles. The van der Waals surface area contributed by atoms with Crippen molar-refractivity contribution in [1.29, 1.82) is 0 Å². The van der Waals surface area contributed by atoms with Crippen molar-refractivity contribution in [3.63, 3.8) is 0 Å². The van der Waals surface area contributed by atoms with Gasteiger partial charge in [0.1, 0.15) is 0 Å². The van der Waals surface area contributed by atoms with Gasteiger partial charge in [0.2, 0.25) is 0 Å². The number of hydrogen-bond acceptors (Lipinski definition) is 2. The molecule has 1 atom stereocenters. The van der Waals surface area contributed by atoms with E-state index in [1.165, 1.54) is 47.0 Å². The fraction of sp³-hybridized carbons (Fsp3) is 0.625. The first-order chi connectivity index (χ1) is 9.20. The smallest absolute Gasteiger partial charge is 0.0302 e. The van der Waals surface area contributed by atoms with Crippen molar-refractivity contribution in [1.82, 2.24) is 5.32 Å². The summed E-state index contributed by atoms with van der Waals surface area (Å²) in [6, 6.07) is 7.17. The Morgan fingerprint density at radius 1 is 1.37 bits per heavy atom. The summed E-state index contributed by atoms with van der Waals surface area (Å²) < 4.78 is 1.19. The predicted octanol–water partition coefficient (Wildman–Crippen LogP) is 5.54. The second-order valence-electron chi connectivity index (χ2n) is 5.38. The predicted molar refractivity (Wildman–Crippen MR) is 89.0 cm³/mol. The highest BCUT2D eigenvalue weighted by atomic mass is 79.9. The largest absolute Gasteiger partial charge is 0.310 e. The van der Waals surface area contributed by atoms with Gasteiger partial charge in [0.25, 0.3) is 0 Å². The quantitative estimate of drug-likeness (QED) is 0.728. The first-order valence-electron chi connectivity index (χ1n) is 7.40. The van der Waals surface area contributed by atoms with E-state index in [0.29, 0.717) is 6.04 Å². The van der Waals surface area contributed by atoms with Crippen LogP contribution in [0.2, 0.25) is 0 Å². The van der Waals surface area contributed by atoms with Crippen molar-refractivity contribution < 1.29 is 0 Å². The van der Waals surface area contributed by atoms with Crippen LogP contribution in [0.15, 0.2) is 27.6 Å². The first kappa shape index (κ1) is 15.4. The standard InChI is InChI=1S/C16H24BrNS/c1-3-10-18-12(2)15-9-8-13(17)11-16(15)19-14-6-4-5-7-14/h8-9,11-12,14,18H,3-7,10H2,1-2H3. The molecule has 1 fully saturated rings. The monoisotopic (exact) mass is 341 g/mol. The zero-order chi connectivity index (χ0) is 13.7. The number of benzene rings is 1. The number of hydrogen-bond donors (Lipinski definition) is 1. The molecule has 2 rings (SSSR count). The highest BCUT2D eigenvalue weighted by molar-refractivity contribution is 9.10. The van der Waals surface area contributed by atoms with Crippen LogP contribution < -0.4 is 5.32 Å². The maximum atomic E-state index is 3.61. The summed E-state index contributed by atoms with van der Waals surface area (Å²) in [6.45, 7) is 5.58. The molecule has 1 aliphatic rings. The van der Waals surface area contributed by atoms with E-state index >= 15 is 0 Å². The van der Waals surface area contributed by atoms with E-state index in [-0.39, 0.29) is 0 Å². The molecule has 1 unspecified atom stereocenters. The highest BCUT2D eigenvalue weighted by Crippen LogP contribution is 2.39. The van der Waals surface area contributed by atoms with Gasteiger partial charge in [-0.15, -0.1) is 11.8 Å². The highest BCUT2D eigenvalue weighted by Gasteiger charge is 2.19. The average molecular weight is 342 g/mol. The van der Waals surface area contributed by atoms with Crippen LogP contribution in [0.25, 0.3) is 0 Å². The van der Waals surface area contributed by atoms with E-state index in [1.807, 2.05) is 0 Å². The molecule has 1 nitrogen and oxygen atoms in total. The Morgan fingerprint density at radius 3 is 2.79 bits per heavy atom. The van der Waals surface area contributed by atoms with Gasteiger partial charge in [-0.25, -0.2) is 0 Å². The van der Waals surface area contributed by atoms with E-state index in [1.54, 1.807) is 0 Å². The lowest BCUT2D eigenvalue weighted by Gasteiger charge is -2.19. The third-order valence-electron chi connectivity index (χ3n) is 3.74. The molecule has 0 heterocycles. The van der Waals surface area contributed by atoms with E-state index in [9.17, 15) is 0 Å². The van der Waals surface area contributed by atoms with Gasteiger partial charge in [-0.3, -0.25) is 0 Å². The SMILES string of the molecule is CCCNC(C)c1ccc(Br)cc1SC1CCCC1. The molecule has 1 aliphatic carbocycles. The number of halogens is 1. The average Bonchev–Trinajstić information content (AvgIpc) is 2.89. The summed E-state index contributed by atoms with van der Waals surface area (Å²) in [6.07, 6.45) is 6.77. The van der Waals surface area contributed by atoms with Crippen LogP contribution in [-0.2, 0) is 0 Å². The molecular weight excluding hydrogens is 318 g/mol. The van der Waals surface area contributed by atoms with Gasteiger partial charge in [-0.2, -0.15) is 0 Å². The Hall–Kier alpha value is 0.01000. The Bertz CT molecular complexity index is 402. The normalized spacial score (nSPS) is 17.8. The molecule has 0 amide bonds. The van der Waals surface area contributed by atoms with Crippen LogP contribution in [0.4, 0.5) is 0 Å². The molecule has 0 spiro atoms. The minimum atomic E-state index is 0.442. The van der Waals surface area contributed by atoms with E-state index in [4.69, 9.17) is 0 Å². The summed E-state index contributed by atoms with van der Waals surface area (Å²) >= 11 is 5.70. The summed E-state index contributed by atoms with van der Waals surface area (Å²) in [4.78, 5) is 1.46. The third-order valence-corrected chi connectivity index (χ3v) is 5.64. The Kier molecular flexibility index (Phi) is 6.24. The Labute approximate surface area is 130 Å². The van der Waals surface area contributed by atoms with Crippen molar-refractivity contribution in [2.75, 3.05) is 6.54 Å². The maximum Gasteiger partial charge on any atom is 0.0302 e. The van der Waals surface area contributed by atoms with Gasteiger partial charge in [-0.05, 0) is 50.4 Å². The van der Waals surface area contributed by atoms with Crippen molar-refractivity contribution in [2.45, 2.75) is 62.1 Å². The van der Waals surface area contributed by atoms with Crippen molar-refractivity contribution >= 4 is 27.7 Å². The topological polar surface area (TPSA) is 12.0 Å². The molecule has 1 saturated carbocycles. The second-order valence-corrected chi connectivity index (χ2v) is 7.64. The molecule has 3 heteroatoms. The maximum absolute atomic E-state index is 3.61. The summed E-state index contributed by atoms with van der Waals surface area (Å²) in [7, 11) is 0. The number of nitrogens with one attached hydrogen (secondary N) is 1. The minimum absolute atomic E-state index is 0.442. The van der Waals surface area contributed by atoms with Gasteiger partial charge >= 0.3 is 0 Å². The molecule has 106 valence electrons. The lowest BCUT2D eigenvalue weighted by Crippen LogP contribution is -2.20. The van der Waals surface area contributed by atoms with Gasteiger partial charge in [0.15, 0.2) is 0 Å². The van der Waals surface area contributed by atoms with E-state index < -0.39 is 0 Å².